The van der Waals surface area contributed by atoms with Crippen molar-refractivity contribution in [2.75, 3.05) is 51.7 Å². The Morgan fingerprint density at radius 2 is 1.91 bits per heavy atom. The fourth-order valence-electron chi connectivity index (χ4n) is 3.28. The summed E-state index contributed by atoms with van der Waals surface area (Å²) in [6, 6.07) is 7.59. The molecule has 2 fully saturated rings. The Hall–Kier alpha value is -1.59. The second-order valence-corrected chi connectivity index (χ2v) is 6.33. The number of morpholine rings is 1. The highest BCUT2D eigenvalue weighted by atomic mass is 16.5. The molecule has 2 saturated heterocycles. The number of ether oxygens (including phenoxy) is 1. The Labute approximate surface area is 132 Å². The second kappa shape index (κ2) is 7.11. The maximum absolute atomic E-state index is 12.4. The first kappa shape index (κ1) is 15.3. The van der Waals surface area contributed by atoms with E-state index in [0.717, 1.165) is 63.6 Å². The van der Waals surface area contributed by atoms with Crippen molar-refractivity contribution < 1.29 is 9.53 Å². The van der Waals surface area contributed by atoms with Gasteiger partial charge in [-0.2, -0.15) is 0 Å². The van der Waals surface area contributed by atoms with Crippen LogP contribution < -0.4 is 5.73 Å². The van der Waals surface area contributed by atoms with Crippen molar-refractivity contribution >= 4 is 11.6 Å². The van der Waals surface area contributed by atoms with Gasteiger partial charge >= 0.3 is 0 Å². The lowest BCUT2D eigenvalue weighted by Crippen LogP contribution is -2.40. The van der Waals surface area contributed by atoms with Gasteiger partial charge in [0.2, 0.25) is 5.91 Å². The normalized spacial score (nSPS) is 22.9. The zero-order valence-corrected chi connectivity index (χ0v) is 13.0. The lowest BCUT2D eigenvalue weighted by molar-refractivity contribution is -0.129. The molecule has 1 atom stereocenters. The lowest BCUT2D eigenvalue weighted by Gasteiger charge is -2.29. The molecule has 1 amide bonds. The molecule has 2 aliphatic rings. The highest BCUT2D eigenvalue weighted by Crippen LogP contribution is 2.19. The number of rotatable bonds is 4. The van der Waals surface area contributed by atoms with Gasteiger partial charge in [0.05, 0.1) is 19.6 Å². The van der Waals surface area contributed by atoms with Crippen LogP contribution in [0, 0.1) is 5.92 Å². The van der Waals surface area contributed by atoms with Crippen molar-refractivity contribution in [3.05, 3.63) is 29.8 Å². The summed E-state index contributed by atoms with van der Waals surface area (Å²) in [5.41, 5.74) is 7.45. The van der Waals surface area contributed by atoms with E-state index in [9.17, 15) is 4.79 Å². The highest BCUT2D eigenvalue weighted by Gasteiger charge is 2.27. The number of hydrogen-bond donors (Lipinski definition) is 1. The van der Waals surface area contributed by atoms with E-state index in [1.54, 1.807) is 0 Å². The summed E-state index contributed by atoms with van der Waals surface area (Å²) in [5, 5.41) is 0. The van der Waals surface area contributed by atoms with Crippen LogP contribution in [-0.2, 0) is 16.0 Å². The fraction of sp³-hybridized carbons (Fsp3) is 0.588. The number of carbonyl (C=O) groups is 1. The predicted molar refractivity (Wildman–Crippen MR) is 86.5 cm³/mol. The molecule has 0 saturated carbocycles. The Bertz CT molecular complexity index is 497. The van der Waals surface area contributed by atoms with Crippen LogP contribution in [0.15, 0.2) is 24.3 Å². The van der Waals surface area contributed by atoms with E-state index in [2.05, 4.69) is 4.90 Å². The third-order valence-corrected chi connectivity index (χ3v) is 4.59. The molecule has 0 aromatic heterocycles. The quantitative estimate of drug-likeness (QED) is 0.843. The van der Waals surface area contributed by atoms with E-state index in [1.165, 1.54) is 0 Å². The molecule has 2 heterocycles. The molecular formula is C17H25N3O2. The first-order valence-electron chi connectivity index (χ1n) is 8.13. The van der Waals surface area contributed by atoms with Crippen LogP contribution in [0.3, 0.4) is 0 Å². The standard InChI is InChI=1S/C17H25N3O2/c18-16-3-1-14(2-4-16)11-17(21)20-6-5-15(13-20)12-19-7-9-22-10-8-19/h1-4,15H,5-13,18H2. The molecule has 22 heavy (non-hydrogen) atoms. The average molecular weight is 303 g/mol. The van der Waals surface area contributed by atoms with Crippen molar-refractivity contribution in [3.63, 3.8) is 0 Å². The first-order chi connectivity index (χ1) is 10.7. The molecular weight excluding hydrogens is 278 g/mol. The molecule has 0 radical (unpaired) electrons. The van der Waals surface area contributed by atoms with Crippen molar-refractivity contribution in [2.45, 2.75) is 12.8 Å². The predicted octanol–water partition coefficient (Wildman–Crippen LogP) is 0.992. The van der Waals surface area contributed by atoms with Crippen LogP contribution in [0.4, 0.5) is 5.69 Å². The minimum absolute atomic E-state index is 0.231. The van der Waals surface area contributed by atoms with Crippen molar-refractivity contribution in [2.24, 2.45) is 5.92 Å². The van der Waals surface area contributed by atoms with E-state index in [-0.39, 0.29) is 5.91 Å². The van der Waals surface area contributed by atoms with Crippen LogP contribution in [0.5, 0.6) is 0 Å². The summed E-state index contributed by atoms with van der Waals surface area (Å²) >= 11 is 0. The van der Waals surface area contributed by atoms with Gasteiger partial charge in [0.25, 0.3) is 0 Å². The van der Waals surface area contributed by atoms with E-state index < -0.39 is 0 Å². The number of nitrogen functional groups attached to an aromatic ring is 1. The van der Waals surface area contributed by atoms with E-state index in [0.29, 0.717) is 12.3 Å². The minimum Gasteiger partial charge on any atom is -0.399 e. The zero-order valence-electron chi connectivity index (χ0n) is 13.0. The van der Waals surface area contributed by atoms with Crippen LogP contribution in [-0.4, -0.2) is 61.6 Å². The summed E-state index contributed by atoms with van der Waals surface area (Å²) in [5.74, 6) is 0.836. The average Bonchev–Trinajstić information content (AvgIpc) is 2.99. The molecule has 2 aliphatic heterocycles. The zero-order chi connectivity index (χ0) is 15.4. The Balaban J connectivity index is 1.47. The molecule has 120 valence electrons. The molecule has 5 heteroatoms. The van der Waals surface area contributed by atoms with Gasteiger partial charge in [0.1, 0.15) is 0 Å². The third kappa shape index (κ3) is 3.99. The summed E-state index contributed by atoms with van der Waals surface area (Å²) in [6.45, 7) is 6.60. The van der Waals surface area contributed by atoms with Crippen LogP contribution >= 0.6 is 0 Å². The lowest BCUT2D eigenvalue weighted by atomic mass is 10.1. The van der Waals surface area contributed by atoms with Gasteiger partial charge in [0.15, 0.2) is 0 Å². The molecule has 0 aliphatic carbocycles. The minimum atomic E-state index is 0.231. The number of likely N-dealkylation sites (tertiary alicyclic amines) is 1. The Morgan fingerprint density at radius 3 is 2.64 bits per heavy atom. The van der Waals surface area contributed by atoms with Gasteiger partial charge in [-0.1, -0.05) is 12.1 Å². The van der Waals surface area contributed by atoms with Crippen LogP contribution in [0.2, 0.25) is 0 Å². The van der Waals surface area contributed by atoms with E-state index >= 15 is 0 Å². The monoisotopic (exact) mass is 303 g/mol. The molecule has 1 unspecified atom stereocenters. The SMILES string of the molecule is Nc1ccc(CC(=O)N2CCC(CN3CCOCC3)C2)cc1. The maximum atomic E-state index is 12.4. The third-order valence-electron chi connectivity index (χ3n) is 4.59. The maximum Gasteiger partial charge on any atom is 0.226 e. The summed E-state index contributed by atoms with van der Waals surface area (Å²) in [7, 11) is 0. The first-order valence-corrected chi connectivity index (χ1v) is 8.13. The van der Waals surface area contributed by atoms with Crippen LogP contribution in [0.25, 0.3) is 0 Å². The topological polar surface area (TPSA) is 58.8 Å². The number of anilines is 1. The number of carbonyl (C=O) groups excluding carboxylic acids is 1. The molecule has 0 spiro atoms. The van der Waals surface area contributed by atoms with Gasteiger partial charge in [-0.3, -0.25) is 9.69 Å². The second-order valence-electron chi connectivity index (χ2n) is 6.33. The number of nitrogens with zero attached hydrogens (tertiary/aromatic N) is 2. The fourth-order valence-corrected chi connectivity index (χ4v) is 3.28. The van der Waals surface area contributed by atoms with Crippen molar-refractivity contribution in [1.82, 2.24) is 9.80 Å². The molecule has 0 bridgehead atoms. The summed E-state index contributed by atoms with van der Waals surface area (Å²) in [4.78, 5) is 16.9. The smallest absolute Gasteiger partial charge is 0.226 e. The van der Waals surface area contributed by atoms with E-state index in [4.69, 9.17) is 10.5 Å². The Kier molecular flexibility index (Phi) is 4.95. The highest BCUT2D eigenvalue weighted by molar-refractivity contribution is 5.79. The summed E-state index contributed by atoms with van der Waals surface area (Å²) < 4.78 is 5.38. The summed E-state index contributed by atoms with van der Waals surface area (Å²) in [6.07, 6.45) is 1.59. The molecule has 3 rings (SSSR count). The van der Waals surface area contributed by atoms with Crippen molar-refractivity contribution in [3.8, 4) is 0 Å². The van der Waals surface area contributed by atoms with Gasteiger partial charge in [-0.25, -0.2) is 0 Å². The number of nitrogens with two attached hydrogens (primary N) is 1. The molecule has 1 aromatic carbocycles. The van der Waals surface area contributed by atoms with Crippen molar-refractivity contribution in [1.29, 1.82) is 0 Å². The molecule has 2 N–H and O–H groups in total. The van der Waals surface area contributed by atoms with Gasteiger partial charge in [-0.15, -0.1) is 0 Å². The Morgan fingerprint density at radius 1 is 1.18 bits per heavy atom. The number of benzene rings is 1. The van der Waals surface area contributed by atoms with E-state index in [1.807, 2.05) is 29.2 Å². The van der Waals surface area contributed by atoms with Gasteiger partial charge in [0, 0.05) is 38.4 Å². The van der Waals surface area contributed by atoms with Crippen LogP contribution in [0.1, 0.15) is 12.0 Å². The number of hydrogen-bond acceptors (Lipinski definition) is 4. The van der Waals surface area contributed by atoms with Gasteiger partial charge < -0.3 is 15.4 Å². The molecule has 5 nitrogen and oxygen atoms in total. The molecule has 1 aromatic rings. The number of amides is 1. The van der Waals surface area contributed by atoms with Gasteiger partial charge in [-0.05, 0) is 30.0 Å². The largest absolute Gasteiger partial charge is 0.399 e.